The normalized spacial score (nSPS) is 25.1. The van der Waals surface area contributed by atoms with Gasteiger partial charge in [0.1, 0.15) is 0 Å². The molecule has 0 spiro atoms. The minimum Gasteiger partial charge on any atom is -0.389 e. The maximum Gasteiger partial charge on any atom is 0.0897 e. The molecule has 1 aliphatic rings. The molecular weight excluding hydrogens is 252 g/mol. The SMILES string of the molecule is CCN(CC)CCNCC(O)COC1CCCC(C)C1. The van der Waals surface area contributed by atoms with Crippen molar-refractivity contribution in [3.05, 3.63) is 0 Å². The van der Waals surface area contributed by atoms with Crippen molar-refractivity contribution in [1.82, 2.24) is 10.2 Å². The summed E-state index contributed by atoms with van der Waals surface area (Å²) in [7, 11) is 0. The number of rotatable bonds is 10. The highest BCUT2D eigenvalue weighted by molar-refractivity contribution is 4.71. The van der Waals surface area contributed by atoms with E-state index in [1.165, 1.54) is 12.8 Å². The summed E-state index contributed by atoms with van der Waals surface area (Å²) >= 11 is 0. The van der Waals surface area contributed by atoms with Gasteiger partial charge in [0.05, 0.1) is 18.8 Å². The van der Waals surface area contributed by atoms with Crippen molar-refractivity contribution in [2.45, 2.75) is 58.7 Å². The van der Waals surface area contributed by atoms with Crippen molar-refractivity contribution in [2.75, 3.05) is 39.3 Å². The van der Waals surface area contributed by atoms with Crippen LogP contribution in [0, 0.1) is 5.92 Å². The summed E-state index contributed by atoms with van der Waals surface area (Å²) in [6, 6.07) is 0. The Hall–Kier alpha value is -0.160. The fourth-order valence-electron chi connectivity index (χ4n) is 2.88. The predicted octanol–water partition coefficient (Wildman–Crippen LogP) is 1.87. The highest BCUT2D eigenvalue weighted by Crippen LogP contribution is 2.25. The fourth-order valence-corrected chi connectivity index (χ4v) is 2.88. The number of hydrogen-bond acceptors (Lipinski definition) is 4. The first-order chi connectivity index (χ1) is 9.65. The van der Waals surface area contributed by atoms with Gasteiger partial charge < -0.3 is 20.1 Å². The van der Waals surface area contributed by atoms with Crippen LogP contribution in [0.25, 0.3) is 0 Å². The Morgan fingerprint density at radius 2 is 2.05 bits per heavy atom. The first-order valence-electron chi connectivity index (χ1n) is 8.38. The maximum absolute atomic E-state index is 9.92. The molecule has 0 saturated heterocycles. The van der Waals surface area contributed by atoms with Gasteiger partial charge >= 0.3 is 0 Å². The quantitative estimate of drug-likeness (QED) is 0.602. The van der Waals surface area contributed by atoms with Crippen LogP contribution in [0.1, 0.15) is 46.5 Å². The molecule has 0 amide bonds. The Kier molecular flexibility index (Phi) is 9.44. The lowest BCUT2D eigenvalue weighted by Crippen LogP contribution is -2.37. The summed E-state index contributed by atoms with van der Waals surface area (Å²) in [6.45, 7) is 11.9. The molecular formula is C16H34N2O2. The van der Waals surface area contributed by atoms with Gasteiger partial charge in [-0.3, -0.25) is 0 Å². The number of aliphatic hydroxyl groups is 1. The van der Waals surface area contributed by atoms with Crippen LogP contribution in [0.3, 0.4) is 0 Å². The van der Waals surface area contributed by atoms with Gasteiger partial charge in [0.25, 0.3) is 0 Å². The van der Waals surface area contributed by atoms with E-state index < -0.39 is 0 Å². The van der Waals surface area contributed by atoms with Crippen LogP contribution in [-0.4, -0.2) is 61.5 Å². The summed E-state index contributed by atoms with van der Waals surface area (Å²) in [6.07, 6.45) is 4.89. The van der Waals surface area contributed by atoms with E-state index in [-0.39, 0.29) is 6.10 Å². The van der Waals surface area contributed by atoms with Crippen LogP contribution in [-0.2, 0) is 4.74 Å². The number of ether oxygens (including phenoxy) is 1. The lowest BCUT2D eigenvalue weighted by atomic mass is 9.89. The summed E-state index contributed by atoms with van der Waals surface area (Å²) in [5.41, 5.74) is 0. The Morgan fingerprint density at radius 3 is 2.70 bits per heavy atom. The second-order valence-electron chi connectivity index (χ2n) is 6.11. The number of nitrogens with one attached hydrogen (secondary N) is 1. The van der Waals surface area contributed by atoms with Crippen LogP contribution < -0.4 is 5.32 Å². The Morgan fingerprint density at radius 1 is 1.30 bits per heavy atom. The van der Waals surface area contributed by atoms with Crippen molar-refractivity contribution < 1.29 is 9.84 Å². The van der Waals surface area contributed by atoms with Crippen LogP contribution in [0.4, 0.5) is 0 Å². The molecule has 1 fully saturated rings. The van der Waals surface area contributed by atoms with Gasteiger partial charge in [0.15, 0.2) is 0 Å². The number of hydrogen-bond donors (Lipinski definition) is 2. The smallest absolute Gasteiger partial charge is 0.0897 e. The van der Waals surface area contributed by atoms with E-state index in [9.17, 15) is 5.11 Å². The molecule has 1 rings (SSSR count). The zero-order chi connectivity index (χ0) is 14.8. The Labute approximate surface area is 124 Å². The van der Waals surface area contributed by atoms with E-state index >= 15 is 0 Å². The largest absolute Gasteiger partial charge is 0.389 e. The predicted molar refractivity (Wildman–Crippen MR) is 84.0 cm³/mol. The average molecular weight is 286 g/mol. The summed E-state index contributed by atoms with van der Waals surface area (Å²) in [5.74, 6) is 0.776. The lowest BCUT2D eigenvalue weighted by molar-refractivity contribution is -0.0306. The average Bonchev–Trinajstić information content (AvgIpc) is 2.45. The van der Waals surface area contributed by atoms with Crippen LogP contribution in [0.15, 0.2) is 0 Å². The molecule has 0 aromatic carbocycles. The fraction of sp³-hybridized carbons (Fsp3) is 1.00. The zero-order valence-corrected chi connectivity index (χ0v) is 13.6. The second kappa shape index (κ2) is 10.6. The molecule has 4 heteroatoms. The van der Waals surface area contributed by atoms with Crippen molar-refractivity contribution in [1.29, 1.82) is 0 Å². The number of aliphatic hydroxyl groups excluding tert-OH is 1. The molecule has 20 heavy (non-hydrogen) atoms. The second-order valence-corrected chi connectivity index (χ2v) is 6.11. The standard InChI is InChI=1S/C16H34N2O2/c1-4-18(5-2)10-9-17-12-15(19)13-20-16-8-6-7-14(3)11-16/h14-17,19H,4-13H2,1-3H3. The van der Waals surface area contributed by atoms with Gasteiger partial charge in [-0.15, -0.1) is 0 Å². The van der Waals surface area contributed by atoms with Gasteiger partial charge in [-0.1, -0.05) is 33.6 Å². The van der Waals surface area contributed by atoms with Gasteiger partial charge in [0.2, 0.25) is 0 Å². The molecule has 3 atom stereocenters. The summed E-state index contributed by atoms with van der Waals surface area (Å²) in [5, 5.41) is 13.2. The van der Waals surface area contributed by atoms with Crippen LogP contribution in [0.2, 0.25) is 0 Å². The monoisotopic (exact) mass is 286 g/mol. The highest BCUT2D eigenvalue weighted by atomic mass is 16.5. The first-order valence-corrected chi connectivity index (χ1v) is 8.38. The molecule has 0 heterocycles. The van der Waals surface area contributed by atoms with Gasteiger partial charge in [-0.25, -0.2) is 0 Å². The van der Waals surface area contributed by atoms with E-state index in [2.05, 4.69) is 31.0 Å². The Balaban J connectivity index is 2.01. The van der Waals surface area contributed by atoms with Crippen LogP contribution >= 0.6 is 0 Å². The van der Waals surface area contributed by atoms with Gasteiger partial charge in [0, 0.05) is 19.6 Å². The third-order valence-electron chi connectivity index (χ3n) is 4.29. The third kappa shape index (κ3) is 7.58. The number of likely N-dealkylation sites (N-methyl/N-ethyl adjacent to an activating group) is 1. The van der Waals surface area contributed by atoms with Gasteiger partial charge in [-0.05, 0) is 31.8 Å². The summed E-state index contributed by atoms with van der Waals surface area (Å²) < 4.78 is 5.84. The van der Waals surface area contributed by atoms with Gasteiger partial charge in [-0.2, -0.15) is 0 Å². The topological polar surface area (TPSA) is 44.7 Å². The van der Waals surface area contributed by atoms with E-state index in [1.807, 2.05) is 0 Å². The molecule has 0 bridgehead atoms. The Bertz CT molecular complexity index is 235. The van der Waals surface area contributed by atoms with E-state index in [1.54, 1.807) is 0 Å². The molecule has 120 valence electrons. The summed E-state index contributed by atoms with van der Waals surface area (Å²) in [4.78, 5) is 2.37. The van der Waals surface area contributed by atoms with Crippen molar-refractivity contribution in [3.63, 3.8) is 0 Å². The molecule has 3 unspecified atom stereocenters. The lowest BCUT2D eigenvalue weighted by Gasteiger charge is -2.27. The molecule has 4 nitrogen and oxygen atoms in total. The van der Waals surface area contributed by atoms with Crippen molar-refractivity contribution in [2.24, 2.45) is 5.92 Å². The molecule has 1 aliphatic carbocycles. The maximum atomic E-state index is 9.92. The number of nitrogens with zero attached hydrogens (tertiary/aromatic N) is 1. The highest BCUT2D eigenvalue weighted by Gasteiger charge is 2.20. The first kappa shape index (κ1) is 17.9. The molecule has 0 radical (unpaired) electrons. The minimum absolute atomic E-state index is 0.365. The third-order valence-corrected chi connectivity index (χ3v) is 4.29. The van der Waals surface area contributed by atoms with Crippen molar-refractivity contribution >= 4 is 0 Å². The molecule has 2 N–H and O–H groups in total. The van der Waals surface area contributed by atoms with Crippen LogP contribution in [0.5, 0.6) is 0 Å². The zero-order valence-electron chi connectivity index (χ0n) is 13.6. The molecule has 1 saturated carbocycles. The molecule has 0 aromatic rings. The molecule has 0 aromatic heterocycles. The molecule has 0 aliphatic heterocycles. The van der Waals surface area contributed by atoms with E-state index in [0.717, 1.165) is 44.9 Å². The van der Waals surface area contributed by atoms with Crippen molar-refractivity contribution in [3.8, 4) is 0 Å². The van der Waals surface area contributed by atoms with E-state index in [4.69, 9.17) is 4.74 Å². The van der Waals surface area contributed by atoms with E-state index in [0.29, 0.717) is 19.3 Å². The minimum atomic E-state index is -0.385.